The van der Waals surface area contributed by atoms with Crippen LogP contribution < -0.4 is 9.16 Å². The molecule has 0 radical (unpaired) electrons. The van der Waals surface area contributed by atoms with E-state index < -0.39 is 10.0 Å². The zero-order valence-corrected chi connectivity index (χ0v) is 5.77. The summed E-state index contributed by atoms with van der Waals surface area (Å²) in [6.07, 6.45) is 1.68. The Kier molecular flexibility index (Phi) is 1.08. The summed E-state index contributed by atoms with van der Waals surface area (Å²) in [6.45, 7) is 0. The summed E-state index contributed by atoms with van der Waals surface area (Å²) < 4.78 is -0.366. The molecule has 0 aromatic rings. The summed E-state index contributed by atoms with van der Waals surface area (Å²) in [5, 5.41) is 20.4. The summed E-state index contributed by atoms with van der Waals surface area (Å²) in [5.74, 6) is 0. The number of nitrogens with one attached hydrogen (secondary N) is 2. The summed E-state index contributed by atoms with van der Waals surface area (Å²) in [4.78, 5) is 0. The zero-order valence-electron chi connectivity index (χ0n) is 3.80. The van der Waals surface area contributed by atoms with E-state index in [9.17, 15) is 10.4 Å². The maximum absolute atomic E-state index is 10.2. The van der Waals surface area contributed by atoms with Gasteiger partial charge in [-0.25, -0.2) is 0 Å². The van der Waals surface area contributed by atoms with Gasteiger partial charge in [0.05, 0.1) is 6.26 Å². The molecule has 0 bridgehead atoms. The normalized spacial score (nSPS) is 69.1. The van der Waals surface area contributed by atoms with E-state index in [1.165, 1.54) is 0 Å². The molecular weight excluding hydrogens is 135 g/mol. The minimum absolute atomic E-state index is 0.183. The van der Waals surface area contributed by atoms with E-state index in [4.69, 9.17) is 0 Å². The zero-order chi connectivity index (χ0) is 5.65. The molecule has 4 nitrogen and oxygen atoms in total. The molecule has 1 aliphatic heterocycles. The molecule has 0 aromatic heterocycles. The van der Waals surface area contributed by atoms with Crippen molar-refractivity contribution >= 4 is 18.5 Å². The lowest BCUT2D eigenvalue weighted by Crippen LogP contribution is -3.25. The van der Waals surface area contributed by atoms with Crippen LogP contribution in [-0.4, -0.2) is 6.26 Å². The molecular formula is CH7N2O2PS. The lowest BCUT2D eigenvalue weighted by molar-refractivity contribution is -1.22. The van der Waals surface area contributed by atoms with Crippen LogP contribution in [0, 0.1) is 10.4 Å². The Morgan fingerprint density at radius 1 is 1.43 bits per heavy atom. The van der Waals surface area contributed by atoms with E-state index in [2.05, 4.69) is 8.44 Å². The first-order valence-corrected chi connectivity index (χ1v) is 5.23. The van der Waals surface area contributed by atoms with Crippen LogP contribution in [-0.2, 0) is 0 Å². The molecule has 7 heavy (non-hydrogen) atoms. The lowest BCUT2D eigenvalue weighted by atomic mass is 12.0. The predicted octanol–water partition coefficient (Wildman–Crippen LogP) is -2.27. The van der Waals surface area contributed by atoms with Crippen molar-refractivity contribution in [1.29, 1.82) is 0 Å². The largest absolute Gasteiger partial charge is 0.568 e. The van der Waals surface area contributed by atoms with E-state index in [0.717, 1.165) is 0 Å². The Morgan fingerprint density at radius 3 is 1.57 bits per heavy atom. The van der Waals surface area contributed by atoms with Crippen molar-refractivity contribution in [2.24, 2.45) is 0 Å². The van der Waals surface area contributed by atoms with Gasteiger partial charge in [0.2, 0.25) is 0 Å². The van der Waals surface area contributed by atoms with E-state index in [-0.39, 0.29) is 9.16 Å². The molecule has 3 unspecified atom stereocenters. The summed E-state index contributed by atoms with van der Waals surface area (Å²) in [5.41, 5.74) is 0. The highest BCUT2D eigenvalue weighted by atomic mass is 32.8. The Hall–Kier alpha value is 0.620. The second kappa shape index (κ2) is 1.31. The van der Waals surface area contributed by atoms with E-state index >= 15 is 0 Å². The molecule has 0 aromatic carbocycles. The molecule has 0 saturated carbocycles. The lowest BCUT2D eigenvalue weighted by Gasteiger charge is -1.89. The van der Waals surface area contributed by atoms with E-state index in [1.807, 2.05) is 0 Å². The van der Waals surface area contributed by atoms with Crippen molar-refractivity contribution in [1.82, 2.24) is 0 Å². The molecule has 44 valence electrons. The third-order valence-corrected chi connectivity index (χ3v) is 3.89. The van der Waals surface area contributed by atoms with Crippen LogP contribution in [0.25, 0.3) is 0 Å². The molecule has 1 aliphatic rings. The summed E-state index contributed by atoms with van der Waals surface area (Å²) in [7, 11) is 0.854. The number of rotatable bonds is 0. The van der Waals surface area contributed by atoms with Gasteiger partial charge >= 0.3 is 0 Å². The quantitative estimate of drug-likeness (QED) is 0.228. The van der Waals surface area contributed by atoms with Crippen LogP contribution in [0.3, 0.4) is 0 Å². The third kappa shape index (κ3) is 0.661. The van der Waals surface area contributed by atoms with Crippen molar-refractivity contribution < 1.29 is 9.16 Å². The van der Waals surface area contributed by atoms with Crippen molar-refractivity contribution in [2.75, 3.05) is 6.26 Å². The first-order valence-electron chi connectivity index (χ1n) is 1.71. The van der Waals surface area contributed by atoms with Gasteiger partial charge in [0, 0.05) is 8.44 Å². The van der Waals surface area contributed by atoms with Crippen LogP contribution in [0.1, 0.15) is 0 Å². The van der Waals surface area contributed by atoms with Crippen molar-refractivity contribution in [3.63, 3.8) is 0 Å². The molecule has 2 N–H and O–H groups in total. The third-order valence-electron chi connectivity index (χ3n) is 0.895. The number of hydrogen-bond donors (Lipinski definition) is 2. The fourth-order valence-corrected chi connectivity index (χ4v) is 1.88. The predicted molar refractivity (Wildman–Crippen MR) is 31.9 cm³/mol. The van der Waals surface area contributed by atoms with Crippen LogP contribution in [0.15, 0.2) is 0 Å². The smallest absolute Gasteiger partial charge is 0.129 e. The molecule has 1 saturated heterocycles. The first-order chi connectivity index (χ1) is 3.07. The Bertz CT molecular complexity index is 87.7. The van der Waals surface area contributed by atoms with Gasteiger partial charge in [0.1, 0.15) is 10.0 Å². The van der Waals surface area contributed by atoms with Gasteiger partial charge in [-0.3, -0.25) is 0 Å². The number of quaternary nitrogens is 2. The van der Waals surface area contributed by atoms with Crippen LogP contribution >= 0.6 is 18.5 Å². The van der Waals surface area contributed by atoms with Crippen LogP contribution in [0.2, 0.25) is 0 Å². The highest BCUT2D eigenvalue weighted by Gasteiger charge is 2.50. The first kappa shape index (κ1) is 5.75. The standard InChI is InChI=1S/CH7N2O2PS/c1-7(6)2(4)3(7)5/h2-3H,6H2,1H3. The van der Waals surface area contributed by atoms with Gasteiger partial charge in [-0.2, -0.15) is 0 Å². The van der Waals surface area contributed by atoms with Gasteiger partial charge in [0.25, 0.3) is 0 Å². The monoisotopic (exact) mass is 142 g/mol. The minimum atomic E-state index is -1.44. The average Bonchev–Trinajstić information content (AvgIpc) is 1.91. The summed E-state index contributed by atoms with van der Waals surface area (Å²) >= 11 is 0. The average molecular weight is 142 g/mol. The maximum atomic E-state index is 10.2. The Balaban J connectivity index is 2.52. The van der Waals surface area contributed by atoms with Crippen molar-refractivity contribution in [2.45, 2.75) is 0 Å². The van der Waals surface area contributed by atoms with E-state index in [0.29, 0.717) is 0 Å². The maximum Gasteiger partial charge on any atom is 0.129 e. The van der Waals surface area contributed by atoms with Gasteiger partial charge < -0.3 is 10.4 Å². The van der Waals surface area contributed by atoms with Crippen LogP contribution in [0.4, 0.5) is 0 Å². The second-order valence-electron chi connectivity index (χ2n) is 1.56. The Morgan fingerprint density at radius 2 is 1.57 bits per heavy atom. The van der Waals surface area contributed by atoms with Gasteiger partial charge in [-0.05, 0) is 0 Å². The molecule has 0 aliphatic carbocycles. The Labute approximate surface area is 45.1 Å². The molecule has 1 fully saturated rings. The number of hydrogen-bond acceptors (Lipinski definition) is 2. The molecule has 1 heterocycles. The highest BCUT2D eigenvalue weighted by molar-refractivity contribution is 8.62. The second-order valence-corrected chi connectivity index (χ2v) is 7.09. The minimum Gasteiger partial charge on any atom is -0.568 e. The SMILES string of the molecule is CS1(P)[NH+]([O-])[NH+]1[O-]. The molecule has 0 amide bonds. The summed E-state index contributed by atoms with van der Waals surface area (Å²) in [6, 6.07) is 0. The van der Waals surface area contributed by atoms with Gasteiger partial charge in [0.15, 0.2) is 0 Å². The molecule has 6 heteroatoms. The highest BCUT2D eigenvalue weighted by Crippen LogP contribution is 2.38. The topological polar surface area (TPSA) is 55.0 Å². The van der Waals surface area contributed by atoms with Gasteiger partial charge in [-0.15, -0.1) is 9.16 Å². The molecule has 3 atom stereocenters. The van der Waals surface area contributed by atoms with Crippen molar-refractivity contribution in [3.05, 3.63) is 10.4 Å². The van der Waals surface area contributed by atoms with Crippen molar-refractivity contribution in [3.8, 4) is 0 Å². The van der Waals surface area contributed by atoms with Gasteiger partial charge in [-0.1, -0.05) is 0 Å². The fourth-order valence-electron chi connectivity index (χ4n) is 0.256. The molecule has 0 spiro atoms. The van der Waals surface area contributed by atoms with Crippen LogP contribution in [0.5, 0.6) is 0 Å². The molecule has 1 rings (SSSR count). The van der Waals surface area contributed by atoms with E-state index in [1.54, 1.807) is 6.26 Å². The fraction of sp³-hybridized carbons (Fsp3) is 1.00.